The van der Waals surface area contributed by atoms with E-state index >= 15 is 0 Å². The Morgan fingerprint density at radius 1 is 1.24 bits per heavy atom. The first-order valence-corrected chi connectivity index (χ1v) is 8.61. The molecule has 1 atom stereocenters. The summed E-state index contributed by atoms with van der Waals surface area (Å²) in [6.07, 6.45) is 1.23. The Labute approximate surface area is 166 Å². The third kappa shape index (κ3) is 3.59. The second-order valence-corrected chi connectivity index (χ2v) is 6.43. The van der Waals surface area contributed by atoms with Gasteiger partial charge >= 0.3 is 6.03 Å². The molecular formula is C19H19N5O5. The van der Waals surface area contributed by atoms with Gasteiger partial charge in [0.05, 0.1) is 18.2 Å². The van der Waals surface area contributed by atoms with Gasteiger partial charge in [-0.05, 0) is 30.7 Å². The number of methoxy groups -OCH3 is 1. The highest BCUT2D eigenvalue weighted by molar-refractivity contribution is 6.07. The van der Waals surface area contributed by atoms with Gasteiger partial charge in [-0.25, -0.2) is 4.79 Å². The zero-order chi connectivity index (χ0) is 21.2. The van der Waals surface area contributed by atoms with Crippen LogP contribution in [-0.2, 0) is 10.3 Å². The second kappa shape index (κ2) is 7.58. The van der Waals surface area contributed by atoms with Crippen LogP contribution in [0, 0.1) is 10.1 Å². The number of carbonyl (C=O) groups excluding carboxylic acids is 2. The minimum absolute atomic E-state index is 0.142. The minimum Gasteiger partial charge on any atom is -0.497 e. The molecule has 0 bridgehead atoms. The molecule has 150 valence electrons. The first kappa shape index (κ1) is 19.8. The molecule has 0 radical (unpaired) electrons. The number of hydrazone groups is 1. The van der Waals surface area contributed by atoms with Crippen LogP contribution in [0.5, 0.6) is 5.75 Å². The van der Waals surface area contributed by atoms with Gasteiger partial charge in [-0.15, -0.1) is 5.01 Å². The van der Waals surface area contributed by atoms with Gasteiger partial charge in [-0.2, -0.15) is 5.10 Å². The molecule has 2 aromatic rings. The van der Waals surface area contributed by atoms with Crippen LogP contribution in [0.3, 0.4) is 0 Å². The number of nitro groups is 1. The van der Waals surface area contributed by atoms with Crippen molar-refractivity contribution >= 4 is 29.5 Å². The molecule has 1 unspecified atom stereocenters. The number of urea groups is 1. The number of nitro benzene ring substituents is 1. The molecule has 10 nitrogen and oxygen atoms in total. The summed E-state index contributed by atoms with van der Waals surface area (Å²) in [6.45, 7) is 1.58. The molecule has 1 heterocycles. The van der Waals surface area contributed by atoms with E-state index in [1.165, 1.54) is 25.5 Å². The number of rotatable bonds is 6. The highest BCUT2D eigenvalue weighted by Gasteiger charge is 2.49. The Kier molecular flexibility index (Phi) is 5.18. The molecule has 3 amide bonds. The second-order valence-electron chi connectivity index (χ2n) is 6.43. The number of imide groups is 1. The SMILES string of the molecule is CNc1ccc(/C=N/N2C(=O)NC(C)(c3ccc(OC)cc3)C2=O)cc1[N+](=O)[O-]. The molecule has 1 saturated heterocycles. The van der Waals surface area contributed by atoms with Crippen LogP contribution in [-0.4, -0.2) is 42.2 Å². The van der Waals surface area contributed by atoms with Gasteiger partial charge in [0.2, 0.25) is 0 Å². The molecule has 29 heavy (non-hydrogen) atoms. The van der Waals surface area contributed by atoms with E-state index < -0.39 is 22.4 Å². The summed E-state index contributed by atoms with van der Waals surface area (Å²) in [6, 6.07) is 10.5. The highest BCUT2D eigenvalue weighted by Crippen LogP contribution is 2.30. The third-order valence-electron chi connectivity index (χ3n) is 4.65. The Morgan fingerprint density at radius 3 is 2.52 bits per heavy atom. The monoisotopic (exact) mass is 397 g/mol. The fraction of sp³-hybridized carbons (Fsp3) is 0.211. The molecule has 3 rings (SSSR count). The average Bonchev–Trinajstić information content (AvgIpc) is 2.95. The number of hydrogen-bond acceptors (Lipinski definition) is 7. The largest absolute Gasteiger partial charge is 0.497 e. The molecule has 0 aliphatic carbocycles. The number of carbonyl (C=O) groups is 2. The van der Waals surface area contributed by atoms with Crippen molar-refractivity contribution in [1.82, 2.24) is 10.3 Å². The quantitative estimate of drug-likeness (QED) is 0.334. The number of amides is 3. The lowest BCUT2D eigenvalue weighted by atomic mass is 9.92. The Bertz CT molecular complexity index is 1000. The van der Waals surface area contributed by atoms with Crippen molar-refractivity contribution in [3.63, 3.8) is 0 Å². The number of benzene rings is 2. The maximum atomic E-state index is 12.9. The van der Waals surface area contributed by atoms with E-state index in [9.17, 15) is 19.7 Å². The van der Waals surface area contributed by atoms with Crippen LogP contribution in [0.2, 0.25) is 0 Å². The Balaban J connectivity index is 1.86. The molecule has 1 aliphatic heterocycles. The minimum atomic E-state index is -1.29. The van der Waals surface area contributed by atoms with Crippen molar-refractivity contribution in [3.05, 3.63) is 63.7 Å². The molecule has 2 N–H and O–H groups in total. The van der Waals surface area contributed by atoms with Crippen LogP contribution < -0.4 is 15.4 Å². The van der Waals surface area contributed by atoms with Crippen molar-refractivity contribution in [2.24, 2.45) is 5.10 Å². The van der Waals surface area contributed by atoms with Crippen LogP contribution >= 0.6 is 0 Å². The maximum absolute atomic E-state index is 12.9. The highest BCUT2D eigenvalue weighted by atomic mass is 16.6. The molecule has 1 fully saturated rings. The van der Waals surface area contributed by atoms with E-state index in [-0.39, 0.29) is 5.69 Å². The van der Waals surface area contributed by atoms with Gasteiger partial charge in [0.1, 0.15) is 17.0 Å². The number of nitrogens with one attached hydrogen (secondary N) is 2. The summed E-state index contributed by atoms with van der Waals surface area (Å²) in [5.74, 6) is 0.0564. The third-order valence-corrected chi connectivity index (χ3v) is 4.65. The summed E-state index contributed by atoms with van der Waals surface area (Å²) in [4.78, 5) is 35.8. The molecule has 10 heteroatoms. The first-order valence-electron chi connectivity index (χ1n) is 8.61. The van der Waals surface area contributed by atoms with Gasteiger partial charge in [-0.1, -0.05) is 18.2 Å². The van der Waals surface area contributed by atoms with Crippen molar-refractivity contribution < 1.29 is 19.2 Å². The van der Waals surface area contributed by atoms with Crippen molar-refractivity contribution in [1.29, 1.82) is 0 Å². The van der Waals surface area contributed by atoms with E-state index in [4.69, 9.17) is 4.74 Å². The molecule has 0 spiro atoms. The van der Waals surface area contributed by atoms with E-state index in [1.807, 2.05) is 0 Å². The number of nitrogens with zero attached hydrogens (tertiary/aromatic N) is 3. The lowest BCUT2D eigenvalue weighted by molar-refractivity contribution is -0.383. The zero-order valence-corrected chi connectivity index (χ0v) is 16.0. The van der Waals surface area contributed by atoms with E-state index in [0.717, 1.165) is 0 Å². The van der Waals surface area contributed by atoms with Gasteiger partial charge in [-0.3, -0.25) is 14.9 Å². The summed E-state index contributed by atoms with van der Waals surface area (Å²) < 4.78 is 5.11. The molecule has 0 aromatic heterocycles. The van der Waals surface area contributed by atoms with E-state index in [1.54, 1.807) is 44.3 Å². The number of anilines is 1. The van der Waals surface area contributed by atoms with Crippen LogP contribution in [0.25, 0.3) is 0 Å². The average molecular weight is 397 g/mol. The first-order chi connectivity index (χ1) is 13.8. The van der Waals surface area contributed by atoms with E-state index in [2.05, 4.69) is 15.7 Å². The van der Waals surface area contributed by atoms with E-state index in [0.29, 0.717) is 27.6 Å². The summed E-state index contributed by atoms with van der Waals surface area (Å²) in [5.41, 5.74) is -0.147. The van der Waals surface area contributed by atoms with Crippen LogP contribution in [0.1, 0.15) is 18.1 Å². The maximum Gasteiger partial charge on any atom is 0.346 e. The number of hydrogen-bond donors (Lipinski definition) is 2. The summed E-state index contributed by atoms with van der Waals surface area (Å²) in [7, 11) is 3.10. The normalized spacial score (nSPS) is 18.8. The predicted molar refractivity (Wildman–Crippen MR) is 106 cm³/mol. The lowest BCUT2D eigenvalue weighted by Crippen LogP contribution is -2.40. The Hall–Kier alpha value is -3.95. The predicted octanol–water partition coefficient (Wildman–Crippen LogP) is 2.45. The van der Waals surface area contributed by atoms with Crippen molar-refractivity contribution in [2.45, 2.75) is 12.5 Å². The molecule has 2 aromatic carbocycles. The smallest absolute Gasteiger partial charge is 0.346 e. The van der Waals surface area contributed by atoms with Gasteiger partial charge in [0.15, 0.2) is 0 Å². The molecular weight excluding hydrogens is 378 g/mol. The van der Waals surface area contributed by atoms with Gasteiger partial charge < -0.3 is 15.4 Å². The topological polar surface area (TPSA) is 126 Å². The lowest BCUT2D eigenvalue weighted by Gasteiger charge is -2.21. The standard InChI is InChI=1S/C19H19N5O5/c1-19(13-5-7-14(29-3)8-6-13)17(25)23(18(26)22-19)21-11-12-4-9-15(20-2)16(10-12)24(27)28/h4-11,20H,1-3H3,(H,22,26)/b21-11+. The fourth-order valence-electron chi connectivity index (χ4n) is 2.97. The van der Waals surface area contributed by atoms with Gasteiger partial charge in [0.25, 0.3) is 11.6 Å². The van der Waals surface area contributed by atoms with Crippen LogP contribution in [0.15, 0.2) is 47.6 Å². The van der Waals surface area contributed by atoms with Gasteiger partial charge in [0, 0.05) is 18.7 Å². The molecule has 0 saturated carbocycles. The fourth-order valence-corrected chi connectivity index (χ4v) is 2.97. The van der Waals surface area contributed by atoms with Crippen molar-refractivity contribution in [2.75, 3.05) is 19.5 Å². The van der Waals surface area contributed by atoms with Crippen molar-refractivity contribution in [3.8, 4) is 5.75 Å². The summed E-state index contributed by atoms with van der Waals surface area (Å²) >= 11 is 0. The zero-order valence-electron chi connectivity index (χ0n) is 16.0. The number of ether oxygens (including phenoxy) is 1. The van der Waals surface area contributed by atoms with Crippen LogP contribution in [0.4, 0.5) is 16.2 Å². The molecule has 1 aliphatic rings. The summed E-state index contributed by atoms with van der Waals surface area (Å²) in [5, 5.41) is 21.2. The Morgan fingerprint density at radius 2 is 1.93 bits per heavy atom.